The SMILES string of the molecule is CCS(=O)CCNc1nccn1C(C)C. The molecule has 1 atom stereocenters. The highest BCUT2D eigenvalue weighted by atomic mass is 32.2. The van der Waals surface area contributed by atoms with Crippen LogP contribution in [0.25, 0.3) is 0 Å². The van der Waals surface area contributed by atoms with Crippen LogP contribution in [0, 0.1) is 0 Å². The lowest BCUT2D eigenvalue weighted by atomic mass is 10.4. The Bertz CT molecular complexity index is 322. The zero-order chi connectivity index (χ0) is 11.3. The molecule has 0 aliphatic rings. The third-order valence-corrected chi connectivity index (χ3v) is 3.46. The largest absolute Gasteiger partial charge is 0.355 e. The van der Waals surface area contributed by atoms with Crippen molar-refractivity contribution in [3.8, 4) is 0 Å². The molecule has 0 saturated carbocycles. The van der Waals surface area contributed by atoms with E-state index in [-0.39, 0.29) is 0 Å². The van der Waals surface area contributed by atoms with Gasteiger partial charge in [0, 0.05) is 47.3 Å². The Morgan fingerprint density at radius 3 is 2.93 bits per heavy atom. The predicted octanol–water partition coefficient (Wildman–Crippen LogP) is 1.64. The van der Waals surface area contributed by atoms with Crippen LogP contribution in [0.4, 0.5) is 5.95 Å². The first-order valence-corrected chi connectivity index (χ1v) is 6.75. The van der Waals surface area contributed by atoms with Gasteiger partial charge in [-0.1, -0.05) is 6.92 Å². The number of hydrogen-bond acceptors (Lipinski definition) is 3. The Morgan fingerprint density at radius 2 is 2.33 bits per heavy atom. The van der Waals surface area contributed by atoms with Crippen LogP contribution < -0.4 is 5.32 Å². The summed E-state index contributed by atoms with van der Waals surface area (Å²) in [6.07, 6.45) is 3.73. The van der Waals surface area contributed by atoms with E-state index >= 15 is 0 Å². The highest BCUT2D eigenvalue weighted by molar-refractivity contribution is 7.84. The summed E-state index contributed by atoms with van der Waals surface area (Å²) in [5, 5.41) is 3.20. The second kappa shape index (κ2) is 5.90. The first kappa shape index (κ1) is 12.2. The molecule has 1 N–H and O–H groups in total. The molecule has 0 aliphatic heterocycles. The number of hydrogen-bond donors (Lipinski definition) is 1. The van der Waals surface area contributed by atoms with Crippen molar-refractivity contribution in [1.29, 1.82) is 0 Å². The van der Waals surface area contributed by atoms with Gasteiger partial charge in [-0.05, 0) is 13.8 Å². The minimum atomic E-state index is -0.705. The number of rotatable bonds is 6. The smallest absolute Gasteiger partial charge is 0.203 e. The van der Waals surface area contributed by atoms with E-state index < -0.39 is 10.8 Å². The van der Waals surface area contributed by atoms with Crippen molar-refractivity contribution in [3.63, 3.8) is 0 Å². The van der Waals surface area contributed by atoms with Crippen molar-refractivity contribution in [3.05, 3.63) is 12.4 Å². The van der Waals surface area contributed by atoms with Gasteiger partial charge in [0.15, 0.2) is 0 Å². The molecule has 15 heavy (non-hydrogen) atoms. The molecule has 0 radical (unpaired) electrons. The normalized spacial score (nSPS) is 13.1. The standard InChI is InChI=1S/C10H19N3OS/c1-4-15(14)8-6-12-10-11-5-7-13(10)9(2)3/h5,7,9H,4,6,8H2,1-3H3,(H,11,12). The van der Waals surface area contributed by atoms with Crippen molar-refractivity contribution in [2.45, 2.75) is 26.8 Å². The lowest BCUT2D eigenvalue weighted by Gasteiger charge is -2.12. The highest BCUT2D eigenvalue weighted by Gasteiger charge is 2.05. The molecule has 0 spiro atoms. The molecule has 0 aliphatic carbocycles. The van der Waals surface area contributed by atoms with Crippen molar-refractivity contribution in [2.24, 2.45) is 0 Å². The molecule has 1 heterocycles. The fourth-order valence-corrected chi connectivity index (χ4v) is 1.91. The van der Waals surface area contributed by atoms with E-state index in [0.717, 1.165) is 11.7 Å². The Kier molecular flexibility index (Phi) is 4.81. The second-order valence-corrected chi connectivity index (χ2v) is 5.48. The lowest BCUT2D eigenvalue weighted by Crippen LogP contribution is -2.15. The third kappa shape index (κ3) is 3.66. The zero-order valence-electron chi connectivity index (χ0n) is 9.56. The van der Waals surface area contributed by atoms with Crippen molar-refractivity contribution < 1.29 is 4.21 Å². The highest BCUT2D eigenvalue weighted by Crippen LogP contribution is 2.11. The van der Waals surface area contributed by atoms with Crippen LogP contribution in [0.5, 0.6) is 0 Å². The molecule has 1 aromatic rings. The van der Waals surface area contributed by atoms with E-state index in [9.17, 15) is 4.21 Å². The van der Waals surface area contributed by atoms with Gasteiger partial charge >= 0.3 is 0 Å². The molecule has 1 rings (SSSR count). The molecule has 0 saturated heterocycles. The average molecular weight is 229 g/mol. The van der Waals surface area contributed by atoms with Gasteiger partial charge in [-0.2, -0.15) is 0 Å². The van der Waals surface area contributed by atoms with Crippen LogP contribution in [0.3, 0.4) is 0 Å². The van der Waals surface area contributed by atoms with Crippen LogP contribution in [0.1, 0.15) is 26.8 Å². The fourth-order valence-electron chi connectivity index (χ4n) is 1.29. The van der Waals surface area contributed by atoms with E-state index in [0.29, 0.717) is 18.3 Å². The Balaban J connectivity index is 2.43. The zero-order valence-corrected chi connectivity index (χ0v) is 10.4. The van der Waals surface area contributed by atoms with E-state index in [1.807, 2.05) is 13.1 Å². The number of anilines is 1. The predicted molar refractivity (Wildman–Crippen MR) is 64.7 cm³/mol. The van der Waals surface area contributed by atoms with Crippen LogP contribution >= 0.6 is 0 Å². The minimum absolute atomic E-state index is 0.395. The maximum absolute atomic E-state index is 11.2. The van der Waals surface area contributed by atoms with Gasteiger partial charge < -0.3 is 9.88 Å². The molecule has 5 heteroatoms. The number of aromatic nitrogens is 2. The van der Waals surface area contributed by atoms with Crippen LogP contribution in [-0.2, 0) is 10.8 Å². The van der Waals surface area contributed by atoms with Gasteiger partial charge in [-0.25, -0.2) is 4.98 Å². The summed E-state index contributed by atoms with van der Waals surface area (Å²) >= 11 is 0. The van der Waals surface area contributed by atoms with E-state index in [1.54, 1.807) is 6.20 Å². The first-order chi connectivity index (χ1) is 7.15. The summed E-state index contributed by atoms with van der Waals surface area (Å²) in [7, 11) is -0.705. The summed E-state index contributed by atoms with van der Waals surface area (Å²) < 4.78 is 13.3. The quantitative estimate of drug-likeness (QED) is 0.806. The van der Waals surface area contributed by atoms with Gasteiger partial charge in [0.2, 0.25) is 5.95 Å². The molecule has 0 bridgehead atoms. The molecule has 86 valence electrons. The maximum Gasteiger partial charge on any atom is 0.203 e. The summed E-state index contributed by atoms with van der Waals surface area (Å²) in [4.78, 5) is 4.21. The first-order valence-electron chi connectivity index (χ1n) is 5.26. The summed E-state index contributed by atoms with van der Waals surface area (Å²) in [6.45, 7) is 6.86. The third-order valence-electron chi connectivity index (χ3n) is 2.16. The molecule has 0 amide bonds. The van der Waals surface area contributed by atoms with Crippen LogP contribution in [0.15, 0.2) is 12.4 Å². The van der Waals surface area contributed by atoms with E-state index in [2.05, 4.69) is 28.7 Å². The van der Waals surface area contributed by atoms with Gasteiger partial charge in [0.25, 0.3) is 0 Å². The molecular weight excluding hydrogens is 210 g/mol. The Labute approximate surface area is 93.5 Å². The molecule has 4 nitrogen and oxygen atoms in total. The molecule has 1 unspecified atom stereocenters. The van der Waals surface area contributed by atoms with Crippen molar-refractivity contribution in [2.75, 3.05) is 23.4 Å². The van der Waals surface area contributed by atoms with E-state index in [4.69, 9.17) is 0 Å². The van der Waals surface area contributed by atoms with Crippen LogP contribution in [0.2, 0.25) is 0 Å². The number of imidazole rings is 1. The summed E-state index contributed by atoms with van der Waals surface area (Å²) in [5.74, 6) is 2.26. The van der Waals surface area contributed by atoms with Gasteiger partial charge in [0.05, 0.1) is 0 Å². The number of nitrogens with one attached hydrogen (secondary N) is 1. The molecule has 0 aromatic carbocycles. The van der Waals surface area contributed by atoms with Crippen molar-refractivity contribution >= 4 is 16.7 Å². The monoisotopic (exact) mass is 229 g/mol. The fraction of sp³-hybridized carbons (Fsp3) is 0.700. The summed E-state index contributed by atoms with van der Waals surface area (Å²) in [5.41, 5.74) is 0. The molecular formula is C10H19N3OS. The second-order valence-electron chi connectivity index (χ2n) is 3.61. The average Bonchev–Trinajstić information content (AvgIpc) is 2.65. The van der Waals surface area contributed by atoms with Gasteiger partial charge in [0.1, 0.15) is 0 Å². The van der Waals surface area contributed by atoms with E-state index in [1.165, 1.54) is 0 Å². The molecule has 0 fully saturated rings. The summed E-state index contributed by atoms with van der Waals surface area (Å²) in [6, 6.07) is 0.395. The van der Waals surface area contributed by atoms with Crippen molar-refractivity contribution in [1.82, 2.24) is 9.55 Å². The lowest BCUT2D eigenvalue weighted by molar-refractivity contribution is 0.605. The number of nitrogens with zero attached hydrogens (tertiary/aromatic N) is 2. The topological polar surface area (TPSA) is 46.9 Å². The van der Waals surface area contributed by atoms with Gasteiger partial charge in [-0.15, -0.1) is 0 Å². The maximum atomic E-state index is 11.2. The molecule has 1 aromatic heterocycles. The Morgan fingerprint density at radius 1 is 1.60 bits per heavy atom. The Hall–Kier alpha value is -0.840. The van der Waals surface area contributed by atoms with Crippen LogP contribution in [-0.4, -0.2) is 31.8 Å². The minimum Gasteiger partial charge on any atom is -0.355 e. The van der Waals surface area contributed by atoms with Gasteiger partial charge in [-0.3, -0.25) is 4.21 Å².